The number of rotatable bonds is 6. The second kappa shape index (κ2) is 9.09. The number of benzene rings is 4. The summed E-state index contributed by atoms with van der Waals surface area (Å²) in [5.74, 6) is 1.47. The molecule has 4 rings (SSSR count). The molecule has 0 N–H and O–H groups in total. The van der Waals surface area contributed by atoms with Gasteiger partial charge in [0, 0.05) is 9.79 Å². The van der Waals surface area contributed by atoms with Crippen LogP contribution in [-0.2, 0) is 9.84 Å². The standard InChI is InChI=1S/C24H18O4S3/c25-31(26,23-7-3-1-5-21(23)27-17-9-13-19(29)14-10-17)24-8-4-2-6-22(24)28-18-11-15-20(30)16-12-18/h1-16,29-30H. The van der Waals surface area contributed by atoms with Gasteiger partial charge in [-0.15, -0.1) is 25.3 Å². The highest BCUT2D eigenvalue weighted by molar-refractivity contribution is 7.91. The highest BCUT2D eigenvalue weighted by Crippen LogP contribution is 2.37. The fourth-order valence-corrected chi connectivity index (χ4v) is 4.71. The lowest BCUT2D eigenvalue weighted by atomic mass is 10.3. The average Bonchev–Trinajstić information content (AvgIpc) is 2.77. The van der Waals surface area contributed by atoms with Gasteiger partial charge >= 0.3 is 0 Å². The minimum Gasteiger partial charge on any atom is -0.456 e. The average molecular weight is 467 g/mol. The van der Waals surface area contributed by atoms with Crippen LogP contribution < -0.4 is 9.47 Å². The van der Waals surface area contributed by atoms with E-state index in [2.05, 4.69) is 25.3 Å². The molecule has 0 atom stereocenters. The number of hydrogen-bond acceptors (Lipinski definition) is 6. The topological polar surface area (TPSA) is 52.6 Å². The fraction of sp³-hybridized carbons (Fsp3) is 0. The van der Waals surface area contributed by atoms with E-state index in [1.165, 1.54) is 12.1 Å². The zero-order valence-corrected chi connectivity index (χ0v) is 18.8. The Morgan fingerprint density at radius 2 is 0.871 bits per heavy atom. The number of para-hydroxylation sites is 2. The van der Waals surface area contributed by atoms with Gasteiger partial charge < -0.3 is 9.47 Å². The predicted molar refractivity (Wildman–Crippen MR) is 126 cm³/mol. The van der Waals surface area contributed by atoms with Crippen molar-refractivity contribution in [1.82, 2.24) is 0 Å². The van der Waals surface area contributed by atoms with Gasteiger partial charge in [0.05, 0.1) is 0 Å². The van der Waals surface area contributed by atoms with Gasteiger partial charge in [-0.3, -0.25) is 0 Å². The van der Waals surface area contributed by atoms with E-state index in [4.69, 9.17) is 9.47 Å². The third-order valence-corrected chi connectivity index (χ3v) is 6.84. The monoisotopic (exact) mass is 466 g/mol. The molecular formula is C24H18O4S3. The lowest BCUT2D eigenvalue weighted by Gasteiger charge is -2.15. The first-order valence-electron chi connectivity index (χ1n) is 9.30. The van der Waals surface area contributed by atoms with E-state index in [0.29, 0.717) is 11.5 Å². The van der Waals surface area contributed by atoms with Crippen LogP contribution in [0, 0.1) is 0 Å². The molecule has 0 aliphatic carbocycles. The lowest BCUT2D eigenvalue weighted by Crippen LogP contribution is -2.06. The predicted octanol–water partition coefficient (Wildman–Crippen LogP) is 6.68. The zero-order valence-electron chi connectivity index (χ0n) is 16.2. The first-order valence-corrected chi connectivity index (χ1v) is 11.7. The van der Waals surface area contributed by atoms with Crippen molar-refractivity contribution in [3.05, 3.63) is 97.1 Å². The third kappa shape index (κ3) is 4.90. The molecule has 0 spiro atoms. The molecule has 0 saturated heterocycles. The smallest absolute Gasteiger partial charge is 0.213 e. The van der Waals surface area contributed by atoms with Crippen molar-refractivity contribution in [2.45, 2.75) is 19.6 Å². The Hall–Kier alpha value is -2.87. The Morgan fingerprint density at radius 3 is 1.26 bits per heavy atom. The van der Waals surface area contributed by atoms with E-state index in [1.807, 2.05) is 0 Å². The van der Waals surface area contributed by atoms with Crippen molar-refractivity contribution in [3.8, 4) is 23.0 Å². The minimum atomic E-state index is -3.94. The van der Waals surface area contributed by atoms with Crippen molar-refractivity contribution in [1.29, 1.82) is 0 Å². The summed E-state index contributed by atoms with van der Waals surface area (Å²) in [5, 5.41) is 0. The van der Waals surface area contributed by atoms with Crippen LogP contribution >= 0.6 is 25.3 Å². The van der Waals surface area contributed by atoms with E-state index < -0.39 is 9.84 Å². The quantitative estimate of drug-likeness (QED) is 0.311. The Labute approximate surface area is 192 Å². The molecule has 0 aliphatic heterocycles. The maximum Gasteiger partial charge on any atom is 0.213 e. The largest absolute Gasteiger partial charge is 0.456 e. The maximum atomic E-state index is 13.6. The molecule has 0 fully saturated rings. The van der Waals surface area contributed by atoms with Crippen LogP contribution in [0.15, 0.2) is 117 Å². The highest BCUT2D eigenvalue weighted by Gasteiger charge is 2.26. The second-order valence-corrected chi connectivity index (χ2v) is 9.51. The molecule has 0 heterocycles. The van der Waals surface area contributed by atoms with Gasteiger partial charge in [0.2, 0.25) is 9.84 Å². The van der Waals surface area contributed by atoms with Crippen molar-refractivity contribution in [2.24, 2.45) is 0 Å². The van der Waals surface area contributed by atoms with Gasteiger partial charge in [-0.2, -0.15) is 0 Å². The number of hydrogen-bond donors (Lipinski definition) is 2. The molecule has 0 aromatic heterocycles. The first kappa shape index (κ1) is 21.4. The van der Waals surface area contributed by atoms with Gasteiger partial charge in [-0.05, 0) is 72.8 Å². The van der Waals surface area contributed by atoms with Crippen molar-refractivity contribution in [2.75, 3.05) is 0 Å². The summed E-state index contributed by atoms with van der Waals surface area (Å²) >= 11 is 8.52. The third-order valence-electron chi connectivity index (χ3n) is 4.41. The van der Waals surface area contributed by atoms with E-state index in [-0.39, 0.29) is 21.3 Å². The van der Waals surface area contributed by atoms with E-state index in [0.717, 1.165) is 9.79 Å². The molecule has 0 unspecified atom stereocenters. The molecule has 0 saturated carbocycles. The Kier molecular flexibility index (Phi) is 6.27. The van der Waals surface area contributed by atoms with Crippen LogP contribution in [0.25, 0.3) is 0 Å². The molecular weight excluding hydrogens is 448 g/mol. The van der Waals surface area contributed by atoms with Gasteiger partial charge in [0.15, 0.2) is 0 Å². The normalized spacial score (nSPS) is 11.2. The summed E-state index contributed by atoms with van der Waals surface area (Å²) in [6.45, 7) is 0. The van der Waals surface area contributed by atoms with E-state index in [1.54, 1.807) is 84.9 Å². The first-order chi connectivity index (χ1) is 14.9. The Balaban J connectivity index is 1.73. The number of thiol groups is 2. The van der Waals surface area contributed by atoms with Gasteiger partial charge in [0.25, 0.3) is 0 Å². The van der Waals surface area contributed by atoms with Gasteiger partial charge in [0.1, 0.15) is 32.8 Å². The molecule has 0 aliphatic rings. The fourth-order valence-electron chi connectivity index (χ4n) is 2.91. The van der Waals surface area contributed by atoms with Crippen LogP contribution in [0.1, 0.15) is 0 Å². The molecule has 0 radical (unpaired) electrons. The summed E-state index contributed by atoms with van der Waals surface area (Å²) < 4.78 is 38.9. The molecule has 4 aromatic carbocycles. The summed E-state index contributed by atoms with van der Waals surface area (Å²) in [6.07, 6.45) is 0. The molecule has 31 heavy (non-hydrogen) atoms. The van der Waals surface area contributed by atoms with Crippen molar-refractivity contribution < 1.29 is 17.9 Å². The molecule has 4 nitrogen and oxygen atoms in total. The lowest BCUT2D eigenvalue weighted by molar-refractivity contribution is 0.461. The SMILES string of the molecule is O=S(=O)(c1ccccc1Oc1ccc(S)cc1)c1ccccc1Oc1ccc(S)cc1. The van der Waals surface area contributed by atoms with Crippen LogP contribution in [0.2, 0.25) is 0 Å². The van der Waals surface area contributed by atoms with E-state index in [9.17, 15) is 8.42 Å². The van der Waals surface area contributed by atoms with Crippen molar-refractivity contribution >= 4 is 35.1 Å². The molecule has 156 valence electrons. The van der Waals surface area contributed by atoms with Crippen LogP contribution in [0.5, 0.6) is 23.0 Å². The summed E-state index contributed by atoms with van der Waals surface area (Å²) in [5.41, 5.74) is 0. The van der Waals surface area contributed by atoms with Crippen molar-refractivity contribution in [3.63, 3.8) is 0 Å². The summed E-state index contributed by atoms with van der Waals surface area (Å²) in [4.78, 5) is 1.66. The van der Waals surface area contributed by atoms with Crippen LogP contribution in [-0.4, -0.2) is 8.42 Å². The molecule has 0 bridgehead atoms. The van der Waals surface area contributed by atoms with Crippen LogP contribution in [0.3, 0.4) is 0 Å². The minimum absolute atomic E-state index is 0.0479. The van der Waals surface area contributed by atoms with Gasteiger partial charge in [-0.1, -0.05) is 24.3 Å². The number of ether oxygens (including phenoxy) is 2. The highest BCUT2D eigenvalue weighted by atomic mass is 32.2. The van der Waals surface area contributed by atoms with E-state index >= 15 is 0 Å². The Morgan fingerprint density at radius 1 is 0.516 bits per heavy atom. The maximum absolute atomic E-state index is 13.6. The number of sulfone groups is 1. The second-order valence-electron chi connectivity index (χ2n) is 6.59. The van der Waals surface area contributed by atoms with Gasteiger partial charge in [-0.25, -0.2) is 8.42 Å². The molecule has 4 aromatic rings. The molecule has 0 amide bonds. The summed E-state index contributed by atoms with van der Waals surface area (Å²) in [6, 6.07) is 27.1. The summed E-state index contributed by atoms with van der Waals surface area (Å²) in [7, 11) is -3.94. The molecule has 7 heteroatoms. The van der Waals surface area contributed by atoms with Crippen LogP contribution in [0.4, 0.5) is 0 Å². The Bertz CT molecular complexity index is 1200. The zero-order chi connectivity index (χ0) is 21.8.